The summed E-state index contributed by atoms with van der Waals surface area (Å²) in [5.74, 6) is -1.23. The highest BCUT2D eigenvalue weighted by molar-refractivity contribution is 5.96. The molecule has 0 N–H and O–H groups in total. The summed E-state index contributed by atoms with van der Waals surface area (Å²) in [6.07, 6.45) is 0.147. The lowest BCUT2D eigenvalue weighted by Crippen LogP contribution is -2.24. The Kier molecular flexibility index (Phi) is 3.76. The summed E-state index contributed by atoms with van der Waals surface area (Å²) >= 11 is 0. The van der Waals surface area contributed by atoms with Gasteiger partial charge in [-0.3, -0.25) is 4.79 Å². The van der Waals surface area contributed by atoms with Crippen molar-refractivity contribution >= 4 is 11.6 Å². The predicted octanol–water partition coefficient (Wildman–Crippen LogP) is 3.54. The van der Waals surface area contributed by atoms with E-state index in [1.807, 2.05) is 30.3 Å². The van der Waals surface area contributed by atoms with Crippen LogP contribution in [0.3, 0.4) is 0 Å². The average molecular weight is 341 g/mol. The van der Waals surface area contributed by atoms with Crippen molar-refractivity contribution in [3.8, 4) is 11.4 Å². The molecule has 1 saturated heterocycles. The summed E-state index contributed by atoms with van der Waals surface area (Å²) < 4.78 is 32.1. The second-order valence-electron chi connectivity index (χ2n) is 5.86. The molecule has 7 heteroatoms. The first-order valence-electron chi connectivity index (χ1n) is 7.75. The van der Waals surface area contributed by atoms with Crippen LogP contribution in [0.1, 0.15) is 18.2 Å². The van der Waals surface area contributed by atoms with E-state index in [1.165, 1.54) is 4.90 Å². The van der Waals surface area contributed by atoms with Gasteiger partial charge in [0.25, 0.3) is 0 Å². The zero-order chi connectivity index (χ0) is 17.4. The summed E-state index contributed by atoms with van der Waals surface area (Å²) in [6, 6.07) is 12.4. The molecule has 5 nitrogen and oxygen atoms in total. The molecular weight excluding hydrogens is 328 g/mol. The number of hydrogen-bond donors (Lipinski definition) is 0. The summed E-state index contributed by atoms with van der Waals surface area (Å²) in [5, 5.41) is 3.95. The van der Waals surface area contributed by atoms with Crippen LogP contribution in [0.25, 0.3) is 11.4 Å². The van der Waals surface area contributed by atoms with Gasteiger partial charge in [-0.05, 0) is 12.1 Å². The first-order chi connectivity index (χ1) is 12.1. The number of carbonyl (C=O) groups is 1. The minimum atomic E-state index is -0.726. The van der Waals surface area contributed by atoms with Gasteiger partial charge in [-0.15, -0.1) is 0 Å². The third-order valence-electron chi connectivity index (χ3n) is 4.11. The van der Waals surface area contributed by atoms with Gasteiger partial charge in [-0.25, -0.2) is 8.78 Å². The SMILES string of the molecule is O=C1CC(c2nc(-c3ccccc3)no2)CN1c1cc(F)cc(F)c1. The summed E-state index contributed by atoms with van der Waals surface area (Å²) in [4.78, 5) is 17.9. The number of aromatic nitrogens is 2. The van der Waals surface area contributed by atoms with Crippen molar-refractivity contribution in [3.63, 3.8) is 0 Å². The zero-order valence-electron chi connectivity index (χ0n) is 13.0. The molecule has 1 atom stereocenters. The number of anilines is 1. The maximum absolute atomic E-state index is 13.4. The largest absolute Gasteiger partial charge is 0.339 e. The van der Waals surface area contributed by atoms with Gasteiger partial charge in [0.15, 0.2) is 0 Å². The molecule has 0 saturated carbocycles. The molecule has 126 valence electrons. The topological polar surface area (TPSA) is 59.2 Å². The fourth-order valence-electron chi connectivity index (χ4n) is 2.92. The number of benzene rings is 2. The Balaban J connectivity index is 1.57. The van der Waals surface area contributed by atoms with Gasteiger partial charge < -0.3 is 9.42 Å². The van der Waals surface area contributed by atoms with Crippen LogP contribution < -0.4 is 4.90 Å². The van der Waals surface area contributed by atoms with Crippen LogP contribution >= 0.6 is 0 Å². The normalized spacial score (nSPS) is 17.3. The van der Waals surface area contributed by atoms with E-state index in [1.54, 1.807) is 0 Å². The van der Waals surface area contributed by atoms with Gasteiger partial charge in [0.1, 0.15) is 11.6 Å². The zero-order valence-corrected chi connectivity index (χ0v) is 13.0. The van der Waals surface area contributed by atoms with Crippen molar-refractivity contribution in [2.24, 2.45) is 0 Å². The Hall–Kier alpha value is -3.09. The number of nitrogens with zero attached hydrogens (tertiary/aromatic N) is 3. The molecule has 3 aromatic rings. The van der Waals surface area contributed by atoms with Crippen molar-refractivity contribution in [2.75, 3.05) is 11.4 Å². The van der Waals surface area contributed by atoms with Gasteiger partial charge in [-0.2, -0.15) is 4.98 Å². The van der Waals surface area contributed by atoms with Crippen molar-refractivity contribution in [2.45, 2.75) is 12.3 Å². The van der Waals surface area contributed by atoms with Crippen LogP contribution in [0.4, 0.5) is 14.5 Å². The minimum absolute atomic E-state index is 0.147. The van der Waals surface area contributed by atoms with Gasteiger partial charge >= 0.3 is 0 Å². The molecule has 1 aromatic heterocycles. The van der Waals surface area contributed by atoms with E-state index < -0.39 is 11.6 Å². The lowest BCUT2D eigenvalue weighted by Gasteiger charge is -2.16. The number of halogens is 2. The molecule has 0 aliphatic carbocycles. The highest BCUT2D eigenvalue weighted by atomic mass is 19.1. The minimum Gasteiger partial charge on any atom is -0.339 e. The Bertz CT molecular complexity index is 907. The Morgan fingerprint density at radius 1 is 1.08 bits per heavy atom. The van der Waals surface area contributed by atoms with Gasteiger partial charge in [0, 0.05) is 30.3 Å². The predicted molar refractivity (Wildman–Crippen MR) is 85.8 cm³/mol. The van der Waals surface area contributed by atoms with Crippen molar-refractivity contribution in [1.82, 2.24) is 10.1 Å². The lowest BCUT2D eigenvalue weighted by molar-refractivity contribution is -0.117. The van der Waals surface area contributed by atoms with Gasteiger partial charge in [0.2, 0.25) is 17.6 Å². The number of rotatable bonds is 3. The van der Waals surface area contributed by atoms with Gasteiger partial charge in [0.05, 0.1) is 5.92 Å². The number of amides is 1. The van der Waals surface area contributed by atoms with Crippen LogP contribution in [0.2, 0.25) is 0 Å². The molecule has 25 heavy (non-hydrogen) atoms. The average Bonchev–Trinajstić information content (AvgIpc) is 3.21. The highest BCUT2D eigenvalue weighted by Crippen LogP contribution is 2.32. The summed E-state index contributed by atoms with van der Waals surface area (Å²) in [5.41, 5.74) is 0.999. The molecule has 2 heterocycles. The van der Waals surface area contributed by atoms with Crippen LogP contribution in [0.5, 0.6) is 0 Å². The van der Waals surface area contributed by atoms with Crippen LogP contribution in [-0.2, 0) is 4.79 Å². The molecular formula is C18H13F2N3O2. The van der Waals surface area contributed by atoms with E-state index >= 15 is 0 Å². The maximum Gasteiger partial charge on any atom is 0.232 e. The standard InChI is InChI=1S/C18H13F2N3O2/c19-13-7-14(20)9-15(8-13)23-10-12(6-16(23)24)18-21-17(22-25-18)11-4-2-1-3-5-11/h1-5,7-9,12H,6,10H2. The molecule has 0 bridgehead atoms. The Morgan fingerprint density at radius 2 is 1.80 bits per heavy atom. The van der Waals surface area contributed by atoms with Crippen LogP contribution in [0, 0.1) is 11.6 Å². The van der Waals surface area contributed by atoms with E-state index in [0.29, 0.717) is 11.7 Å². The van der Waals surface area contributed by atoms with Crippen molar-refractivity contribution < 1.29 is 18.1 Å². The van der Waals surface area contributed by atoms with E-state index in [2.05, 4.69) is 10.1 Å². The van der Waals surface area contributed by atoms with E-state index in [9.17, 15) is 13.6 Å². The Morgan fingerprint density at radius 3 is 2.52 bits per heavy atom. The molecule has 1 aliphatic heterocycles. The molecule has 1 fully saturated rings. The van der Waals surface area contributed by atoms with Crippen molar-refractivity contribution in [1.29, 1.82) is 0 Å². The van der Waals surface area contributed by atoms with E-state index in [4.69, 9.17) is 4.52 Å². The van der Waals surface area contributed by atoms with E-state index in [-0.39, 0.29) is 30.5 Å². The molecule has 1 unspecified atom stereocenters. The Labute approximate surface area is 141 Å². The molecule has 0 spiro atoms. The first-order valence-corrected chi connectivity index (χ1v) is 7.75. The first kappa shape index (κ1) is 15.4. The number of carbonyl (C=O) groups excluding carboxylic acids is 1. The smallest absolute Gasteiger partial charge is 0.232 e. The third kappa shape index (κ3) is 3.00. The fourth-order valence-corrected chi connectivity index (χ4v) is 2.92. The molecule has 4 rings (SSSR count). The number of hydrogen-bond acceptors (Lipinski definition) is 4. The second kappa shape index (κ2) is 6.08. The maximum atomic E-state index is 13.4. The molecule has 1 aliphatic rings. The second-order valence-corrected chi connectivity index (χ2v) is 5.86. The van der Waals surface area contributed by atoms with Crippen LogP contribution in [-0.4, -0.2) is 22.6 Å². The van der Waals surface area contributed by atoms with Crippen molar-refractivity contribution in [3.05, 3.63) is 66.1 Å². The monoisotopic (exact) mass is 341 g/mol. The highest BCUT2D eigenvalue weighted by Gasteiger charge is 2.35. The molecule has 0 radical (unpaired) electrons. The quantitative estimate of drug-likeness (QED) is 0.731. The lowest BCUT2D eigenvalue weighted by atomic mass is 10.1. The third-order valence-corrected chi connectivity index (χ3v) is 4.11. The fraction of sp³-hybridized carbons (Fsp3) is 0.167. The summed E-state index contributed by atoms with van der Waals surface area (Å²) in [7, 11) is 0. The molecule has 1 amide bonds. The summed E-state index contributed by atoms with van der Waals surface area (Å²) in [6.45, 7) is 0.234. The molecule has 2 aromatic carbocycles. The van der Waals surface area contributed by atoms with Gasteiger partial charge in [-0.1, -0.05) is 35.5 Å². The van der Waals surface area contributed by atoms with Crippen LogP contribution in [0.15, 0.2) is 53.1 Å². The van der Waals surface area contributed by atoms with E-state index in [0.717, 1.165) is 23.8 Å².